The molecular formula is C21H22ClFN6O. The van der Waals surface area contributed by atoms with Crippen LogP contribution in [0.4, 0.5) is 10.2 Å². The number of anilines is 1. The number of aromatic amines is 1. The van der Waals surface area contributed by atoms with Gasteiger partial charge in [-0.1, -0.05) is 11.6 Å². The summed E-state index contributed by atoms with van der Waals surface area (Å²) < 4.78 is 14.9. The molecule has 156 valence electrons. The number of nitriles is 1. The molecule has 3 aromatic heterocycles. The largest absolute Gasteiger partial charge is 0.351 e. The molecule has 3 aromatic rings. The van der Waals surface area contributed by atoms with E-state index in [-0.39, 0.29) is 30.7 Å². The normalized spacial score (nSPS) is 19.2. The average Bonchev–Trinajstić information content (AvgIpc) is 3.09. The van der Waals surface area contributed by atoms with Crippen LogP contribution >= 0.6 is 11.6 Å². The van der Waals surface area contributed by atoms with Crippen LogP contribution in [0.25, 0.3) is 22.3 Å². The molecule has 1 N–H and O–H groups in total. The van der Waals surface area contributed by atoms with Crippen molar-refractivity contribution in [2.24, 2.45) is 0 Å². The number of halogens is 2. The Balaban J connectivity index is 0.00000272. The van der Waals surface area contributed by atoms with Crippen molar-refractivity contribution in [1.29, 1.82) is 5.26 Å². The van der Waals surface area contributed by atoms with Gasteiger partial charge in [-0.15, -0.1) is 0 Å². The lowest BCUT2D eigenvalue weighted by atomic mass is 10.1. The fourth-order valence-corrected chi connectivity index (χ4v) is 4.44. The summed E-state index contributed by atoms with van der Waals surface area (Å²) in [5.74, 6) is -0.189. The maximum atomic E-state index is 14.9. The minimum absolute atomic E-state index is 0. The van der Waals surface area contributed by atoms with Crippen LogP contribution in [0, 0.1) is 17.1 Å². The van der Waals surface area contributed by atoms with E-state index in [2.05, 4.69) is 21.0 Å². The van der Waals surface area contributed by atoms with Crippen molar-refractivity contribution in [3.8, 4) is 17.3 Å². The van der Waals surface area contributed by atoms with E-state index >= 15 is 0 Å². The second-order valence-corrected chi connectivity index (χ2v) is 8.02. The van der Waals surface area contributed by atoms with Crippen LogP contribution in [-0.2, 0) is 4.79 Å². The van der Waals surface area contributed by atoms with Crippen molar-refractivity contribution in [3.05, 3.63) is 40.9 Å². The Hall–Kier alpha value is -3.18. The molecule has 1 saturated heterocycles. The third-order valence-corrected chi connectivity index (χ3v) is 5.62. The van der Waals surface area contributed by atoms with Crippen molar-refractivity contribution >= 4 is 34.4 Å². The smallest absolute Gasteiger partial charge is 0.220 e. The molecule has 0 unspecified atom stereocenters. The Kier molecular flexibility index (Phi) is 5.08. The van der Waals surface area contributed by atoms with Crippen molar-refractivity contribution < 1.29 is 10.6 Å². The first-order valence-corrected chi connectivity index (χ1v) is 9.95. The number of H-pyrrole nitrogens is 1. The third kappa shape index (κ3) is 3.35. The lowest BCUT2D eigenvalue weighted by Gasteiger charge is -2.44. The van der Waals surface area contributed by atoms with E-state index in [1.54, 1.807) is 19.2 Å². The van der Waals surface area contributed by atoms with Gasteiger partial charge in [0.05, 0.1) is 10.6 Å². The number of nitrogens with one attached hydrogen (secondary N) is 1. The maximum Gasteiger partial charge on any atom is 0.220 e. The SMILES string of the molecule is CC(=O)N1[C@H](C)CN(c2nc(-c3c[nH]c4ncc(Cl)cc34)c(F)cc2C#N)C[C@@H]1C.[HH]. The summed E-state index contributed by atoms with van der Waals surface area (Å²) in [6, 6.07) is 4.83. The molecule has 0 saturated carbocycles. The summed E-state index contributed by atoms with van der Waals surface area (Å²) in [6.07, 6.45) is 3.14. The summed E-state index contributed by atoms with van der Waals surface area (Å²) in [4.78, 5) is 27.5. The number of rotatable bonds is 2. The van der Waals surface area contributed by atoms with Crippen LogP contribution in [0.5, 0.6) is 0 Å². The Bertz CT molecular complexity index is 1180. The van der Waals surface area contributed by atoms with E-state index in [1.807, 2.05) is 23.6 Å². The first-order chi connectivity index (χ1) is 14.3. The highest BCUT2D eigenvalue weighted by Crippen LogP contribution is 2.33. The lowest BCUT2D eigenvalue weighted by Crippen LogP contribution is -2.58. The minimum atomic E-state index is -0.598. The summed E-state index contributed by atoms with van der Waals surface area (Å²) in [6.45, 7) is 6.45. The molecule has 1 aliphatic heterocycles. The van der Waals surface area contributed by atoms with Gasteiger partial charge in [0.1, 0.15) is 23.2 Å². The van der Waals surface area contributed by atoms with Gasteiger partial charge < -0.3 is 14.8 Å². The number of hydrogen-bond donors (Lipinski definition) is 1. The van der Waals surface area contributed by atoms with Crippen molar-refractivity contribution in [3.63, 3.8) is 0 Å². The van der Waals surface area contributed by atoms with Gasteiger partial charge in [-0.05, 0) is 26.0 Å². The molecule has 30 heavy (non-hydrogen) atoms. The third-order valence-electron chi connectivity index (χ3n) is 5.41. The number of nitrogens with zero attached hydrogens (tertiary/aromatic N) is 5. The minimum Gasteiger partial charge on any atom is -0.351 e. The van der Waals surface area contributed by atoms with Crippen LogP contribution in [0.1, 0.15) is 27.8 Å². The van der Waals surface area contributed by atoms with Crippen molar-refractivity contribution in [2.45, 2.75) is 32.9 Å². The number of piperazine rings is 1. The quantitative estimate of drug-likeness (QED) is 0.666. The molecule has 0 radical (unpaired) electrons. The number of aromatic nitrogens is 3. The lowest BCUT2D eigenvalue weighted by molar-refractivity contribution is -0.133. The second kappa shape index (κ2) is 7.58. The number of fused-ring (bicyclic) bond motifs is 1. The van der Waals surface area contributed by atoms with E-state index in [0.717, 1.165) is 0 Å². The number of carbonyl (C=O) groups excluding carboxylic acids is 1. The van der Waals surface area contributed by atoms with E-state index in [4.69, 9.17) is 11.6 Å². The molecule has 9 heteroatoms. The highest BCUT2D eigenvalue weighted by atomic mass is 35.5. The molecule has 0 aliphatic carbocycles. The summed E-state index contributed by atoms with van der Waals surface area (Å²) in [5.41, 5.74) is 1.36. The predicted octanol–water partition coefficient (Wildman–Crippen LogP) is 3.98. The van der Waals surface area contributed by atoms with E-state index in [1.165, 1.54) is 12.3 Å². The van der Waals surface area contributed by atoms with Gasteiger partial charge in [-0.3, -0.25) is 4.79 Å². The molecule has 0 aromatic carbocycles. The topological polar surface area (TPSA) is 88.9 Å². The average molecular weight is 429 g/mol. The van der Waals surface area contributed by atoms with Gasteiger partial charge >= 0.3 is 0 Å². The van der Waals surface area contributed by atoms with E-state index in [9.17, 15) is 14.4 Å². The number of pyridine rings is 2. The Morgan fingerprint density at radius 3 is 2.70 bits per heavy atom. The summed E-state index contributed by atoms with van der Waals surface area (Å²) in [5, 5.41) is 10.7. The predicted molar refractivity (Wildman–Crippen MR) is 115 cm³/mol. The molecule has 1 amide bonds. The van der Waals surface area contributed by atoms with Gasteiger partial charge in [-0.2, -0.15) is 5.26 Å². The second-order valence-electron chi connectivity index (χ2n) is 7.58. The summed E-state index contributed by atoms with van der Waals surface area (Å²) in [7, 11) is 0. The number of carbonyl (C=O) groups is 1. The molecule has 0 spiro atoms. The molecular weight excluding hydrogens is 407 g/mol. The van der Waals surface area contributed by atoms with E-state index < -0.39 is 5.82 Å². The highest BCUT2D eigenvalue weighted by Gasteiger charge is 2.33. The molecule has 2 atom stereocenters. The first-order valence-electron chi connectivity index (χ1n) is 9.57. The molecule has 1 aliphatic rings. The van der Waals surface area contributed by atoms with Crippen molar-refractivity contribution in [2.75, 3.05) is 18.0 Å². The first kappa shape index (κ1) is 20.1. The Morgan fingerprint density at radius 2 is 2.07 bits per heavy atom. The molecule has 7 nitrogen and oxygen atoms in total. The molecule has 4 heterocycles. The van der Waals surface area contributed by atoms with Gasteiger partial charge in [0.25, 0.3) is 0 Å². The Morgan fingerprint density at radius 1 is 1.37 bits per heavy atom. The standard InChI is InChI=1S/C21H20ClFN6O.H2/c1-11-9-28(10-12(2)29(11)13(3)30)21-14(6-24)4-18(23)19(27-21)17-8-26-20-16(17)5-15(22)7-25-20;/h4-5,7-8,11-12H,9-10H2,1-3H3,(H,25,26);1H/t11-,12+;. The molecule has 0 bridgehead atoms. The fourth-order valence-electron chi connectivity index (χ4n) is 4.28. The van der Waals surface area contributed by atoms with Crippen LogP contribution in [0.2, 0.25) is 5.02 Å². The summed E-state index contributed by atoms with van der Waals surface area (Å²) >= 11 is 6.07. The molecule has 4 rings (SSSR count). The van der Waals surface area contributed by atoms with Gasteiger partial charge in [-0.25, -0.2) is 14.4 Å². The Labute approximate surface area is 179 Å². The van der Waals surface area contributed by atoms with E-state index in [0.29, 0.717) is 40.5 Å². The van der Waals surface area contributed by atoms with Crippen LogP contribution in [-0.4, -0.2) is 50.9 Å². The van der Waals surface area contributed by atoms with Crippen LogP contribution in [0.3, 0.4) is 0 Å². The molecule has 1 fully saturated rings. The monoisotopic (exact) mass is 428 g/mol. The zero-order valence-electron chi connectivity index (χ0n) is 16.8. The van der Waals surface area contributed by atoms with Crippen LogP contribution in [0.15, 0.2) is 24.5 Å². The van der Waals surface area contributed by atoms with Gasteiger partial charge in [0.2, 0.25) is 5.91 Å². The number of amides is 1. The van der Waals surface area contributed by atoms with Crippen molar-refractivity contribution in [1.82, 2.24) is 19.9 Å². The van der Waals surface area contributed by atoms with Crippen LogP contribution < -0.4 is 4.90 Å². The maximum absolute atomic E-state index is 14.9. The zero-order chi connectivity index (χ0) is 21.6. The highest BCUT2D eigenvalue weighted by molar-refractivity contribution is 6.31. The zero-order valence-corrected chi connectivity index (χ0v) is 17.5. The van der Waals surface area contributed by atoms with Gasteiger partial charge in [0.15, 0.2) is 5.82 Å². The van der Waals surface area contributed by atoms with Gasteiger partial charge in [0, 0.05) is 56.9 Å². The fraction of sp³-hybridized carbons (Fsp3) is 0.333. The number of hydrogen-bond acceptors (Lipinski definition) is 5.